The Bertz CT molecular complexity index is 1180. The van der Waals surface area contributed by atoms with Crippen molar-refractivity contribution in [1.29, 1.82) is 0 Å². The fourth-order valence-corrected chi connectivity index (χ4v) is 4.94. The molecule has 0 saturated carbocycles. The molecule has 186 valence electrons. The Hall–Kier alpha value is -3.05. The van der Waals surface area contributed by atoms with Gasteiger partial charge in [0, 0.05) is 25.2 Å². The molecule has 0 atom stereocenters. The molecule has 2 aromatic carbocycles. The highest BCUT2D eigenvalue weighted by atomic mass is 32.1. The lowest BCUT2D eigenvalue weighted by Gasteiger charge is -2.26. The van der Waals surface area contributed by atoms with Gasteiger partial charge < -0.3 is 26.2 Å². The molecule has 2 amide bonds. The van der Waals surface area contributed by atoms with Crippen molar-refractivity contribution in [2.24, 2.45) is 5.73 Å². The van der Waals surface area contributed by atoms with E-state index in [-0.39, 0.29) is 18.2 Å². The van der Waals surface area contributed by atoms with Crippen molar-refractivity contribution in [3.8, 4) is 0 Å². The first-order chi connectivity index (χ1) is 17.0. The van der Waals surface area contributed by atoms with Crippen LogP contribution in [0.4, 0.5) is 15.8 Å². The van der Waals surface area contributed by atoms with E-state index in [1.54, 1.807) is 0 Å². The zero-order valence-corrected chi connectivity index (χ0v) is 20.4. The largest absolute Gasteiger partial charge is 0.392 e. The van der Waals surface area contributed by atoms with Crippen molar-refractivity contribution < 1.29 is 19.4 Å². The Morgan fingerprint density at radius 2 is 1.86 bits per heavy atom. The molecular formula is C25H31N5O4S. The summed E-state index contributed by atoms with van der Waals surface area (Å²) in [6, 6.07) is 11.5. The van der Waals surface area contributed by atoms with Gasteiger partial charge in [-0.05, 0) is 53.9 Å². The van der Waals surface area contributed by atoms with E-state index < -0.39 is 5.91 Å². The highest BCUT2D eigenvalue weighted by Gasteiger charge is 2.18. The molecular weight excluding hydrogens is 466 g/mol. The van der Waals surface area contributed by atoms with Crippen molar-refractivity contribution in [2.75, 3.05) is 43.5 Å². The lowest BCUT2D eigenvalue weighted by Crippen LogP contribution is -2.36. The Balaban J connectivity index is 1.31. The molecule has 1 fully saturated rings. The number of nitrogens with one attached hydrogen (secondary N) is 2. The fourth-order valence-electron chi connectivity index (χ4n) is 4.03. The van der Waals surface area contributed by atoms with E-state index in [2.05, 4.69) is 20.5 Å². The van der Waals surface area contributed by atoms with E-state index in [0.29, 0.717) is 16.6 Å². The zero-order chi connectivity index (χ0) is 24.6. The number of unbranched alkanes of at least 4 members (excludes halogenated alkanes) is 2. The van der Waals surface area contributed by atoms with Crippen LogP contribution in [0.5, 0.6) is 0 Å². The van der Waals surface area contributed by atoms with Gasteiger partial charge in [-0.2, -0.15) is 0 Å². The average molecular weight is 498 g/mol. The topological polar surface area (TPSA) is 130 Å². The van der Waals surface area contributed by atoms with Crippen molar-refractivity contribution in [3.05, 3.63) is 47.7 Å². The number of aliphatic hydroxyl groups is 1. The number of aromatic nitrogens is 1. The quantitative estimate of drug-likeness (QED) is 0.299. The van der Waals surface area contributed by atoms with Crippen LogP contribution in [0.1, 0.15) is 41.7 Å². The first-order valence-electron chi connectivity index (χ1n) is 11.8. The summed E-state index contributed by atoms with van der Waals surface area (Å²) in [5, 5.41) is 18.1. The molecule has 1 aromatic heterocycles. The van der Waals surface area contributed by atoms with Gasteiger partial charge in [0.15, 0.2) is 10.8 Å². The Morgan fingerprint density at radius 3 is 2.63 bits per heavy atom. The van der Waals surface area contributed by atoms with E-state index in [1.165, 1.54) is 11.3 Å². The van der Waals surface area contributed by atoms with E-state index >= 15 is 0 Å². The molecule has 1 aliphatic heterocycles. The maximum atomic E-state index is 12.5. The maximum Gasteiger partial charge on any atom is 0.270 e. The Labute approximate surface area is 208 Å². The second-order valence-corrected chi connectivity index (χ2v) is 9.55. The number of hydrogen-bond acceptors (Lipinski definition) is 8. The number of ether oxygens (including phenoxy) is 1. The monoisotopic (exact) mass is 497 g/mol. The van der Waals surface area contributed by atoms with Gasteiger partial charge >= 0.3 is 0 Å². The summed E-state index contributed by atoms with van der Waals surface area (Å²) in [5.74, 6) is -0.843. The molecule has 0 spiro atoms. The van der Waals surface area contributed by atoms with E-state index in [4.69, 9.17) is 10.5 Å². The smallest absolute Gasteiger partial charge is 0.270 e. The van der Waals surface area contributed by atoms with Crippen LogP contribution in [0.15, 0.2) is 36.4 Å². The van der Waals surface area contributed by atoms with Crippen LogP contribution < -0.4 is 16.4 Å². The number of aliphatic hydroxyl groups excluding tert-OH is 1. The number of amides is 2. The van der Waals surface area contributed by atoms with Crippen molar-refractivity contribution in [2.45, 2.75) is 32.3 Å². The number of carbonyl (C=O) groups excluding carboxylic acids is 2. The summed E-state index contributed by atoms with van der Waals surface area (Å²) in [7, 11) is 0. The fraction of sp³-hybridized carbons (Fsp3) is 0.400. The lowest BCUT2D eigenvalue weighted by molar-refractivity contribution is -0.116. The van der Waals surface area contributed by atoms with Gasteiger partial charge in [0.05, 0.1) is 19.8 Å². The number of thiazole rings is 1. The molecule has 2 heterocycles. The van der Waals surface area contributed by atoms with Gasteiger partial charge in [-0.15, -0.1) is 0 Å². The molecule has 0 bridgehead atoms. The first-order valence-corrected chi connectivity index (χ1v) is 12.6. The predicted molar refractivity (Wildman–Crippen MR) is 138 cm³/mol. The second-order valence-electron chi connectivity index (χ2n) is 8.55. The van der Waals surface area contributed by atoms with Crippen molar-refractivity contribution in [3.63, 3.8) is 0 Å². The van der Waals surface area contributed by atoms with Crippen LogP contribution >= 0.6 is 11.3 Å². The van der Waals surface area contributed by atoms with Crippen molar-refractivity contribution in [1.82, 2.24) is 9.88 Å². The summed E-state index contributed by atoms with van der Waals surface area (Å²) >= 11 is 1.18. The minimum Gasteiger partial charge on any atom is -0.392 e. The highest BCUT2D eigenvalue weighted by Crippen LogP contribution is 2.32. The van der Waals surface area contributed by atoms with Crippen LogP contribution in [0.25, 0.3) is 10.8 Å². The van der Waals surface area contributed by atoms with Gasteiger partial charge in [0.2, 0.25) is 5.91 Å². The molecule has 1 aliphatic rings. The van der Waals surface area contributed by atoms with Gasteiger partial charge in [-0.1, -0.05) is 36.0 Å². The third kappa shape index (κ3) is 6.98. The number of fused-ring (bicyclic) bond motifs is 1. The number of primary amides is 1. The maximum absolute atomic E-state index is 12.5. The molecule has 4 rings (SSSR count). The number of rotatable bonds is 11. The minimum absolute atomic E-state index is 0.00606. The summed E-state index contributed by atoms with van der Waals surface area (Å²) in [5.41, 5.74) is 7.19. The van der Waals surface area contributed by atoms with Gasteiger partial charge in [-0.3, -0.25) is 14.5 Å². The van der Waals surface area contributed by atoms with Crippen LogP contribution in [0.2, 0.25) is 0 Å². The number of anilines is 3. The van der Waals surface area contributed by atoms with Gasteiger partial charge in [0.1, 0.15) is 5.00 Å². The SMILES string of the molecule is NC(=O)c1nc(Nc2ccc3cc(CO)ccc3c2)sc1NC(=O)CCCCCN1CCOCC1. The van der Waals surface area contributed by atoms with Crippen LogP contribution in [0, 0.1) is 0 Å². The summed E-state index contributed by atoms with van der Waals surface area (Å²) in [6.07, 6.45) is 3.16. The normalized spacial score (nSPS) is 14.2. The molecule has 0 unspecified atom stereocenters. The first kappa shape index (κ1) is 25.1. The third-order valence-electron chi connectivity index (χ3n) is 5.93. The van der Waals surface area contributed by atoms with E-state index in [1.807, 2.05) is 36.4 Å². The highest BCUT2D eigenvalue weighted by molar-refractivity contribution is 7.20. The lowest BCUT2D eigenvalue weighted by atomic mass is 10.1. The molecule has 9 nitrogen and oxygen atoms in total. The molecule has 0 aliphatic carbocycles. The predicted octanol–water partition coefficient (Wildman–Crippen LogP) is 3.46. The zero-order valence-electron chi connectivity index (χ0n) is 19.6. The minimum atomic E-state index is -0.690. The molecule has 35 heavy (non-hydrogen) atoms. The number of carbonyl (C=O) groups is 2. The molecule has 5 N–H and O–H groups in total. The Morgan fingerprint density at radius 1 is 1.09 bits per heavy atom. The number of benzene rings is 2. The summed E-state index contributed by atoms with van der Waals surface area (Å²) < 4.78 is 5.36. The van der Waals surface area contributed by atoms with E-state index in [9.17, 15) is 14.7 Å². The van der Waals surface area contributed by atoms with Crippen LogP contribution in [0.3, 0.4) is 0 Å². The number of nitrogens with two attached hydrogens (primary N) is 1. The molecule has 1 saturated heterocycles. The third-order valence-corrected chi connectivity index (χ3v) is 6.82. The Kier molecular flexibility index (Phi) is 8.64. The molecule has 0 radical (unpaired) electrons. The van der Waals surface area contributed by atoms with E-state index in [0.717, 1.165) is 74.1 Å². The number of hydrogen-bond donors (Lipinski definition) is 4. The summed E-state index contributed by atoms with van der Waals surface area (Å²) in [4.78, 5) is 31.1. The summed E-state index contributed by atoms with van der Waals surface area (Å²) in [6.45, 7) is 4.56. The molecule has 3 aromatic rings. The second kappa shape index (κ2) is 12.1. The van der Waals surface area contributed by atoms with Crippen molar-refractivity contribution >= 4 is 49.7 Å². The number of morpholine rings is 1. The number of nitrogens with zero attached hydrogens (tertiary/aromatic N) is 2. The average Bonchev–Trinajstić information content (AvgIpc) is 3.26. The molecule has 10 heteroatoms. The van der Waals surface area contributed by atoms with Gasteiger partial charge in [-0.25, -0.2) is 4.98 Å². The van der Waals surface area contributed by atoms with Gasteiger partial charge in [0.25, 0.3) is 5.91 Å². The van der Waals surface area contributed by atoms with Crippen LogP contribution in [-0.2, 0) is 16.1 Å². The van der Waals surface area contributed by atoms with Crippen LogP contribution in [-0.4, -0.2) is 59.7 Å². The standard InChI is InChI=1S/C25H31N5O4S/c26-23(33)22-24(28-21(32)4-2-1-3-9-30-10-12-34-13-11-30)35-25(29-22)27-20-8-7-18-14-17(16-31)5-6-19(18)15-20/h5-8,14-15,31H,1-4,9-13,16H2,(H2,26,33)(H,27,29)(H,28,32).